The van der Waals surface area contributed by atoms with Crippen LogP contribution in [0.15, 0.2) is 16.8 Å². The van der Waals surface area contributed by atoms with Crippen molar-refractivity contribution in [3.63, 3.8) is 0 Å². The van der Waals surface area contributed by atoms with Crippen LogP contribution in [0, 0.1) is 5.41 Å². The second-order valence-electron chi connectivity index (χ2n) is 5.74. The van der Waals surface area contributed by atoms with Crippen molar-refractivity contribution in [2.45, 2.75) is 32.1 Å². The predicted octanol–water partition coefficient (Wildman–Crippen LogP) is 2.16. The van der Waals surface area contributed by atoms with E-state index in [1.807, 2.05) is 6.07 Å². The monoisotopic (exact) mass is 276 g/mol. The summed E-state index contributed by atoms with van der Waals surface area (Å²) in [6, 6.07) is 3.68. The first-order valence-electron chi connectivity index (χ1n) is 7.10. The summed E-state index contributed by atoms with van der Waals surface area (Å²) in [5.41, 5.74) is 8.45. The summed E-state index contributed by atoms with van der Waals surface area (Å²) in [6.07, 6.45) is 5.76. The summed E-state index contributed by atoms with van der Waals surface area (Å²) >= 11 is 0. The Bertz CT molecular complexity index is 590. The molecular formula is C14H20N4O2. The van der Waals surface area contributed by atoms with E-state index in [1.54, 1.807) is 6.07 Å². The number of aliphatic hydroxyl groups is 1. The Kier molecular flexibility index (Phi) is 3.48. The third kappa shape index (κ3) is 2.31. The summed E-state index contributed by atoms with van der Waals surface area (Å²) < 4.78 is 4.76. The molecule has 1 fully saturated rings. The van der Waals surface area contributed by atoms with E-state index in [9.17, 15) is 5.11 Å². The number of aliphatic hydroxyl groups excluding tert-OH is 1. The van der Waals surface area contributed by atoms with E-state index in [0.717, 1.165) is 25.1 Å². The van der Waals surface area contributed by atoms with Crippen LogP contribution in [-0.4, -0.2) is 28.6 Å². The maximum absolute atomic E-state index is 9.73. The second kappa shape index (κ2) is 5.28. The molecule has 0 radical (unpaired) electrons. The van der Waals surface area contributed by atoms with Crippen LogP contribution in [0.2, 0.25) is 0 Å². The molecule has 1 heterocycles. The molecule has 2 aromatic rings. The van der Waals surface area contributed by atoms with E-state index >= 15 is 0 Å². The molecule has 20 heavy (non-hydrogen) atoms. The fourth-order valence-electron chi connectivity index (χ4n) is 3.00. The van der Waals surface area contributed by atoms with E-state index in [0.29, 0.717) is 16.7 Å². The maximum atomic E-state index is 9.73. The van der Waals surface area contributed by atoms with Gasteiger partial charge in [0.25, 0.3) is 0 Å². The van der Waals surface area contributed by atoms with Crippen molar-refractivity contribution in [3.05, 3.63) is 12.1 Å². The molecule has 3 rings (SSSR count). The first-order valence-corrected chi connectivity index (χ1v) is 7.10. The van der Waals surface area contributed by atoms with Crippen LogP contribution >= 0.6 is 0 Å². The number of nitrogens with one attached hydrogen (secondary N) is 1. The molecule has 6 heteroatoms. The summed E-state index contributed by atoms with van der Waals surface area (Å²) in [5, 5.41) is 20.8. The van der Waals surface area contributed by atoms with Gasteiger partial charge < -0.3 is 16.2 Å². The molecule has 1 saturated carbocycles. The lowest BCUT2D eigenvalue weighted by Gasteiger charge is -2.36. The Hall–Kier alpha value is -1.82. The molecule has 1 aliphatic carbocycles. The van der Waals surface area contributed by atoms with E-state index in [1.165, 1.54) is 19.3 Å². The van der Waals surface area contributed by atoms with Crippen LogP contribution in [0.25, 0.3) is 11.0 Å². The predicted molar refractivity (Wildman–Crippen MR) is 77.3 cm³/mol. The quantitative estimate of drug-likeness (QED) is 0.740. The topological polar surface area (TPSA) is 97.2 Å². The molecule has 1 aliphatic rings. The number of benzene rings is 1. The van der Waals surface area contributed by atoms with Crippen molar-refractivity contribution < 1.29 is 9.74 Å². The van der Waals surface area contributed by atoms with E-state index in [2.05, 4.69) is 15.6 Å². The number of fused-ring (bicyclic) bond motifs is 1. The van der Waals surface area contributed by atoms with Crippen molar-refractivity contribution in [1.29, 1.82) is 0 Å². The highest BCUT2D eigenvalue weighted by Crippen LogP contribution is 2.36. The van der Waals surface area contributed by atoms with E-state index in [-0.39, 0.29) is 12.0 Å². The zero-order valence-electron chi connectivity index (χ0n) is 11.4. The highest BCUT2D eigenvalue weighted by molar-refractivity contribution is 5.94. The van der Waals surface area contributed by atoms with Gasteiger partial charge >= 0.3 is 0 Å². The Morgan fingerprint density at radius 2 is 1.95 bits per heavy atom. The number of nitrogen functional groups attached to an aromatic ring is 1. The number of anilines is 2. The first kappa shape index (κ1) is 13.2. The highest BCUT2D eigenvalue weighted by Gasteiger charge is 2.31. The van der Waals surface area contributed by atoms with Crippen LogP contribution in [0.3, 0.4) is 0 Å². The van der Waals surface area contributed by atoms with Crippen LogP contribution in [0.4, 0.5) is 11.4 Å². The molecule has 6 nitrogen and oxygen atoms in total. The van der Waals surface area contributed by atoms with Gasteiger partial charge in [0, 0.05) is 12.0 Å². The van der Waals surface area contributed by atoms with Gasteiger partial charge in [-0.3, -0.25) is 0 Å². The van der Waals surface area contributed by atoms with Gasteiger partial charge in [-0.2, -0.15) is 0 Å². The van der Waals surface area contributed by atoms with Crippen molar-refractivity contribution in [2.75, 3.05) is 24.2 Å². The molecule has 0 amide bonds. The SMILES string of the molecule is Nc1ccc(NCC2(CO)CCCCC2)c2nonc12. The van der Waals surface area contributed by atoms with Crippen LogP contribution in [0.5, 0.6) is 0 Å². The average Bonchev–Trinajstić information content (AvgIpc) is 2.98. The lowest BCUT2D eigenvalue weighted by molar-refractivity contribution is 0.0944. The normalized spacial score (nSPS) is 18.2. The second-order valence-corrected chi connectivity index (χ2v) is 5.74. The zero-order chi connectivity index (χ0) is 14.0. The summed E-state index contributed by atoms with van der Waals surface area (Å²) in [5.74, 6) is 0. The fraction of sp³-hybridized carbons (Fsp3) is 0.571. The van der Waals surface area contributed by atoms with Crippen LogP contribution in [0.1, 0.15) is 32.1 Å². The molecule has 1 aromatic carbocycles. The maximum Gasteiger partial charge on any atom is 0.160 e. The van der Waals surface area contributed by atoms with Gasteiger partial charge in [-0.15, -0.1) is 0 Å². The molecule has 1 aromatic heterocycles. The molecule has 0 aliphatic heterocycles. The van der Waals surface area contributed by atoms with Crippen LogP contribution in [-0.2, 0) is 0 Å². The van der Waals surface area contributed by atoms with Crippen molar-refractivity contribution >= 4 is 22.4 Å². The van der Waals surface area contributed by atoms with Crippen molar-refractivity contribution in [2.24, 2.45) is 5.41 Å². The lowest BCUT2D eigenvalue weighted by Crippen LogP contribution is -2.35. The van der Waals surface area contributed by atoms with Gasteiger partial charge in [0.2, 0.25) is 0 Å². The Labute approximate surface area is 117 Å². The number of hydrogen-bond acceptors (Lipinski definition) is 6. The molecule has 0 saturated heterocycles. The molecular weight excluding hydrogens is 256 g/mol. The zero-order valence-corrected chi connectivity index (χ0v) is 11.4. The Morgan fingerprint density at radius 1 is 1.20 bits per heavy atom. The van der Waals surface area contributed by atoms with Gasteiger partial charge in [-0.05, 0) is 35.3 Å². The van der Waals surface area contributed by atoms with Gasteiger partial charge in [0.1, 0.15) is 0 Å². The third-order valence-corrected chi connectivity index (χ3v) is 4.35. The number of hydrogen-bond donors (Lipinski definition) is 3. The minimum Gasteiger partial charge on any atom is -0.397 e. The van der Waals surface area contributed by atoms with Crippen molar-refractivity contribution in [1.82, 2.24) is 10.3 Å². The first-order chi connectivity index (χ1) is 9.74. The smallest absolute Gasteiger partial charge is 0.160 e. The van der Waals surface area contributed by atoms with Gasteiger partial charge in [0.05, 0.1) is 18.0 Å². The molecule has 0 unspecified atom stereocenters. The van der Waals surface area contributed by atoms with E-state index in [4.69, 9.17) is 10.4 Å². The average molecular weight is 276 g/mol. The van der Waals surface area contributed by atoms with Gasteiger partial charge in [-0.1, -0.05) is 19.3 Å². The molecule has 4 N–H and O–H groups in total. The van der Waals surface area contributed by atoms with Crippen molar-refractivity contribution in [3.8, 4) is 0 Å². The Balaban J connectivity index is 1.79. The van der Waals surface area contributed by atoms with E-state index < -0.39 is 0 Å². The summed E-state index contributed by atoms with van der Waals surface area (Å²) in [6.45, 7) is 0.949. The third-order valence-electron chi connectivity index (χ3n) is 4.35. The number of aromatic nitrogens is 2. The minimum atomic E-state index is -0.0247. The summed E-state index contributed by atoms with van der Waals surface area (Å²) in [7, 11) is 0. The Morgan fingerprint density at radius 3 is 2.70 bits per heavy atom. The molecule has 0 bridgehead atoms. The molecule has 0 atom stereocenters. The number of nitrogens with zero attached hydrogens (tertiary/aromatic N) is 2. The fourth-order valence-corrected chi connectivity index (χ4v) is 3.00. The number of nitrogens with two attached hydrogens (primary N) is 1. The lowest BCUT2D eigenvalue weighted by atomic mass is 9.74. The van der Waals surface area contributed by atoms with Crippen LogP contribution < -0.4 is 11.1 Å². The molecule has 0 spiro atoms. The highest BCUT2D eigenvalue weighted by atomic mass is 16.6. The molecule has 108 valence electrons. The number of rotatable bonds is 4. The largest absolute Gasteiger partial charge is 0.397 e. The van der Waals surface area contributed by atoms with Gasteiger partial charge in [0.15, 0.2) is 11.0 Å². The minimum absolute atomic E-state index is 0.0247. The van der Waals surface area contributed by atoms with Gasteiger partial charge in [-0.25, -0.2) is 4.63 Å². The summed E-state index contributed by atoms with van der Waals surface area (Å²) in [4.78, 5) is 0. The standard InChI is InChI=1S/C14H20N4O2/c15-10-4-5-11(13-12(10)17-20-18-13)16-8-14(9-19)6-2-1-3-7-14/h4-5,16,19H,1-3,6-9,15H2.